The summed E-state index contributed by atoms with van der Waals surface area (Å²) in [5.74, 6) is 2.51. The topological polar surface area (TPSA) is 84.3 Å². The van der Waals surface area contributed by atoms with Crippen molar-refractivity contribution in [2.45, 2.75) is 26.0 Å². The van der Waals surface area contributed by atoms with Gasteiger partial charge in [0.25, 0.3) is 0 Å². The summed E-state index contributed by atoms with van der Waals surface area (Å²) >= 11 is 0. The molecule has 0 saturated carbocycles. The third-order valence-electron chi connectivity index (χ3n) is 4.55. The molecule has 0 aliphatic rings. The predicted octanol–water partition coefficient (Wildman–Crippen LogP) is 3.29. The largest absolute Gasteiger partial charge is 0.496 e. The summed E-state index contributed by atoms with van der Waals surface area (Å²) in [5, 5.41) is 17.2. The Balaban J connectivity index is 0.00000450. The molecule has 0 amide bonds. The maximum Gasteiger partial charge on any atom is 0.191 e. The Morgan fingerprint density at radius 3 is 2.10 bits per heavy atom. The van der Waals surface area contributed by atoms with Gasteiger partial charge in [-0.25, -0.2) is 4.99 Å². The number of ether oxygens (including phenoxy) is 3. The lowest BCUT2D eigenvalue weighted by atomic mass is 9.96. The standard InChI is InChI=1S/C22H31N3O4.HI/c1-6-23-21(25-15-22(2,26)16-10-8-7-9-11-16)24-14-18-19(28-4)12-17(27-3)13-20(18)29-5;/h7-13,26H,6,14-15H2,1-5H3,(H2,23,24,25);1H. The van der Waals surface area contributed by atoms with Crippen molar-refractivity contribution >= 4 is 29.9 Å². The first kappa shape index (κ1) is 25.8. The molecule has 8 heteroatoms. The number of aliphatic hydroxyl groups is 1. The van der Waals surface area contributed by atoms with Crippen molar-refractivity contribution in [3.63, 3.8) is 0 Å². The predicted molar refractivity (Wildman–Crippen MR) is 130 cm³/mol. The number of nitrogens with zero attached hydrogens (tertiary/aromatic N) is 1. The molecule has 166 valence electrons. The van der Waals surface area contributed by atoms with Crippen LogP contribution in [0.15, 0.2) is 47.5 Å². The summed E-state index contributed by atoms with van der Waals surface area (Å²) in [5.41, 5.74) is 0.608. The molecule has 0 aliphatic heterocycles. The molecule has 1 unspecified atom stereocenters. The first-order chi connectivity index (χ1) is 13.9. The highest BCUT2D eigenvalue weighted by Gasteiger charge is 2.23. The van der Waals surface area contributed by atoms with Crippen LogP contribution in [-0.4, -0.2) is 45.5 Å². The van der Waals surface area contributed by atoms with Crippen LogP contribution in [-0.2, 0) is 12.1 Å². The minimum atomic E-state index is -1.03. The van der Waals surface area contributed by atoms with Crippen molar-refractivity contribution in [1.82, 2.24) is 10.6 Å². The Bertz CT molecular complexity index is 788. The number of rotatable bonds is 9. The maximum absolute atomic E-state index is 10.8. The lowest BCUT2D eigenvalue weighted by Gasteiger charge is -2.25. The molecule has 0 radical (unpaired) electrons. The molecule has 3 N–H and O–H groups in total. The molecule has 7 nitrogen and oxygen atoms in total. The van der Waals surface area contributed by atoms with E-state index in [9.17, 15) is 5.11 Å². The van der Waals surface area contributed by atoms with E-state index in [0.29, 0.717) is 42.8 Å². The van der Waals surface area contributed by atoms with Gasteiger partial charge in [0.2, 0.25) is 0 Å². The molecule has 0 heterocycles. The minimum absolute atomic E-state index is 0. The van der Waals surface area contributed by atoms with E-state index in [-0.39, 0.29) is 24.0 Å². The van der Waals surface area contributed by atoms with Gasteiger partial charge in [-0.2, -0.15) is 0 Å². The molecular weight excluding hydrogens is 497 g/mol. The van der Waals surface area contributed by atoms with E-state index in [1.165, 1.54) is 0 Å². The van der Waals surface area contributed by atoms with E-state index >= 15 is 0 Å². The van der Waals surface area contributed by atoms with Gasteiger partial charge in [0.1, 0.15) is 22.8 Å². The fourth-order valence-corrected chi connectivity index (χ4v) is 2.89. The molecule has 0 aromatic heterocycles. The molecule has 0 spiro atoms. The molecule has 0 aliphatic carbocycles. The summed E-state index contributed by atoms with van der Waals surface area (Å²) in [6.07, 6.45) is 0. The van der Waals surface area contributed by atoms with E-state index in [4.69, 9.17) is 14.2 Å². The van der Waals surface area contributed by atoms with E-state index in [1.54, 1.807) is 40.4 Å². The van der Waals surface area contributed by atoms with Gasteiger partial charge in [-0.3, -0.25) is 0 Å². The highest BCUT2D eigenvalue weighted by Crippen LogP contribution is 2.34. The van der Waals surface area contributed by atoms with Gasteiger partial charge in [0.15, 0.2) is 5.96 Å². The third kappa shape index (κ3) is 6.94. The van der Waals surface area contributed by atoms with Crippen LogP contribution in [0.5, 0.6) is 17.2 Å². The van der Waals surface area contributed by atoms with Crippen molar-refractivity contribution in [1.29, 1.82) is 0 Å². The second-order valence-corrected chi connectivity index (χ2v) is 6.70. The van der Waals surface area contributed by atoms with Crippen molar-refractivity contribution in [3.8, 4) is 17.2 Å². The lowest BCUT2D eigenvalue weighted by Crippen LogP contribution is -2.44. The number of aliphatic imine (C=N–C) groups is 1. The molecule has 0 saturated heterocycles. The summed E-state index contributed by atoms with van der Waals surface area (Å²) in [7, 11) is 4.79. The van der Waals surface area contributed by atoms with Crippen LogP contribution in [0.3, 0.4) is 0 Å². The number of methoxy groups -OCH3 is 3. The number of benzene rings is 2. The molecule has 2 aromatic carbocycles. The number of nitrogens with one attached hydrogen (secondary N) is 2. The molecule has 0 fully saturated rings. The number of hydrogen-bond donors (Lipinski definition) is 3. The average Bonchev–Trinajstić information content (AvgIpc) is 2.75. The van der Waals surface area contributed by atoms with Gasteiger partial charge in [-0.05, 0) is 19.4 Å². The molecule has 30 heavy (non-hydrogen) atoms. The van der Waals surface area contributed by atoms with Crippen molar-refractivity contribution < 1.29 is 19.3 Å². The Hall–Kier alpha value is -2.20. The molecule has 0 bridgehead atoms. The fraction of sp³-hybridized carbons (Fsp3) is 0.409. The van der Waals surface area contributed by atoms with E-state index < -0.39 is 5.60 Å². The summed E-state index contributed by atoms with van der Waals surface area (Å²) < 4.78 is 16.3. The highest BCUT2D eigenvalue weighted by molar-refractivity contribution is 14.0. The first-order valence-corrected chi connectivity index (χ1v) is 9.54. The van der Waals surface area contributed by atoms with Gasteiger partial charge < -0.3 is 30.0 Å². The average molecular weight is 529 g/mol. The molecule has 2 aromatic rings. The molecular formula is C22H32IN3O4. The van der Waals surface area contributed by atoms with E-state index in [0.717, 1.165) is 11.1 Å². The van der Waals surface area contributed by atoms with Crippen LogP contribution in [0.1, 0.15) is 25.0 Å². The zero-order chi connectivity index (χ0) is 21.3. The third-order valence-corrected chi connectivity index (χ3v) is 4.55. The highest BCUT2D eigenvalue weighted by atomic mass is 127. The van der Waals surface area contributed by atoms with Gasteiger partial charge in [0.05, 0.1) is 40.0 Å². The molecule has 1 atom stereocenters. The van der Waals surface area contributed by atoms with Crippen LogP contribution >= 0.6 is 24.0 Å². The number of hydrogen-bond acceptors (Lipinski definition) is 5. The number of halogens is 1. The van der Waals surface area contributed by atoms with Crippen LogP contribution in [0.4, 0.5) is 0 Å². The number of guanidine groups is 1. The van der Waals surface area contributed by atoms with Crippen LogP contribution in [0.25, 0.3) is 0 Å². The zero-order valence-corrected chi connectivity index (χ0v) is 20.5. The summed E-state index contributed by atoms with van der Waals surface area (Å²) in [4.78, 5) is 4.64. The quantitative estimate of drug-likeness (QED) is 0.263. The second kappa shape index (κ2) is 12.5. The Morgan fingerprint density at radius 1 is 1.00 bits per heavy atom. The van der Waals surface area contributed by atoms with E-state index in [2.05, 4.69) is 15.6 Å². The van der Waals surface area contributed by atoms with Gasteiger partial charge in [0, 0.05) is 18.7 Å². The Morgan fingerprint density at radius 2 is 1.60 bits per heavy atom. The van der Waals surface area contributed by atoms with Gasteiger partial charge in [-0.15, -0.1) is 24.0 Å². The zero-order valence-electron chi connectivity index (χ0n) is 18.2. The lowest BCUT2D eigenvalue weighted by molar-refractivity contribution is 0.0617. The smallest absolute Gasteiger partial charge is 0.191 e. The Kier molecular flexibility index (Phi) is 10.8. The maximum atomic E-state index is 10.8. The SMILES string of the molecule is CCNC(=NCc1c(OC)cc(OC)cc1OC)NCC(C)(O)c1ccccc1.I. The molecule has 2 rings (SSSR count). The summed E-state index contributed by atoms with van der Waals surface area (Å²) in [6, 6.07) is 13.1. The van der Waals surface area contributed by atoms with Crippen molar-refractivity contribution in [3.05, 3.63) is 53.6 Å². The van der Waals surface area contributed by atoms with Gasteiger partial charge >= 0.3 is 0 Å². The van der Waals surface area contributed by atoms with Gasteiger partial charge in [-0.1, -0.05) is 30.3 Å². The van der Waals surface area contributed by atoms with Crippen molar-refractivity contribution in [2.24, 2.45) is 4.99 Å². The first-order valence-electron chi connectivity index (χ1n) is 9.54. The van der Waals surface area contributed by atoms with E-state index in [1.807, 2.05) is 37.3 Å². The normalized spacial score (nSPS) is 12.9. The van der Waals surface area contributed by atoms with Crippen LogP contribution < -0.4 is 24.8 Å². The van der Waals surface area contributed by atoms with Crippen LogP contribution in [0, 0.1) is 0 Å². The fourth-order valence-electron chi connectivity index (χ4n) is 2.89. The monoisotopic (exact) mass is 529 g/mol. The summed E-state index contributed by atoms with van der Waals surface area (Å²) in [6.45, 7) is 5.09. The van der Waals surface area contributed by atoms with Crippen LogP contribution in [0.2, 0.25) is 0 Å². The minimum Gasteiger partial charge on any atom is -0.496 e. The second-order valence-electron chi connectivity index (χ2n) is 6.70. The Labute approximate surface area is 195 Å². The van der Waals surface area contributed by atoms with Crippen molar-refractivity contribution in [2.75, 3.05) is 34.4 Å².